The number of benzene rings is 2. The Labute approximate surface area is 189 Å². The molecule has 2 aromatic carbocycles. The van der Waals surface area contributed by atoms with Crippen molar-refractivity contribution in [1.29, 1.82) is 0 Å². The van der Waals surface area contributed by atoms with Crippen LogP contribution in [0.15, 0.2) is 54.1 Å². The largest absolute Gasteiger partial charge is 0.339 e. The number of aryl methyl sites for hydroxylation is 1. The summed E-state index contributed by atoms with van der Waals surface area (Å²) < 4.78 is 0. The molecule has 2 aliphatic heterocycles. The summed E-state index contributed by atoms with van der Waals surface area (Å²) >= 11 is 6.18. The van der Waals surface area contributed by atoms with Crippen molar-refractivity contribution >= 4 is 41.7 Å². The van der Waals surface area contributed by atoms with Crippen LogP contribution in [0.5, 0.6) is 0 Å². The average molecular weight is 444 g/mol. The van der Waals surface area contributed by atoms with Crippen LogP contribution in [0.2, 0.25) is 5.02 Å². The van der Waals surface area contributed by atoms with E-state index in [1.54, 1.807) is 0 Å². The van der Waals surface area contributed by atoms with E-state index >= 15 is 0 Å². The molecule has 158 valence electrons. The third kappa shape index (κ3) is 3.84. The second kappa shape index (κ2) is 8.62. The number of hydrogen-bond donors (Lipinski definition) is 1. The summed E-state index contributed by atoms with van der Waals surface area (Å²) in [6.07, 6.45) is 6.23. The Bertz CT molecular complexity index is 952. The minimum Gasteiger partial charge on any atom is -0.339 e. The summed E-state index contributed by atoms with van der Waals surface area (Å²) in [6, 6.07) is 16.5. The third-order valence-corrected chi connectivity index (χ3v) is 6.93. The van der Waals surface area contributed by atoms with Crippen LogP contribution in [-0.4, -0.2) is 42.6 Å². The molecule has 2 saturated heterocycles. The highest BCUT2D eigenvalue weighted by Gasteiger charge is 2.50. The lowest BCUT2D eigenvalue weighted by Gasteiger charge is -2.43. The second-order valence-corrected chi connectivity index (χ2v) is 8.82. The lowest BCUT2D eigenvalue weighted by Crippen LogP contribution is -2.56. The van der Waals surface area contributed by atoms with Gasteiger partial charge in [-0.3, -0.25) is 9.69 Å². The van der Waals surface area contributed by atoms with Gasteiger partial charge in [-0.2, -0.15) is 0 Å². The van der Waals surface area contributed by atoms with Gasteiger partial charge in [-0.1, -0.05) is 47.5 Å². The minimum absolute atomic E-state index is 0. The normalized spacial score (nSPS) is 20.4. The number of likely N-dealkylation sites (tertiary alicyclic amines) is 1. The number of carbonyl (C=O) groups is 1. The van der Waals surface area contributed by atoms with Crippen molar-refractivity contribution in [2.24, 2.45) is 0 Å². The number of piperidine rings is 1. The zero-order valence-corrected chi connectivity index (χ0v) is 18.5. The number of nitrogens with one attached hydrogen (secondary N) is 1. The summed E-state index contributed by atoms with van der Waals surface area (Å²) in [5, 5.41) is 3.89. The fourth-order valence-corrected chi connectivity index (χ4v) is 5.22. The van der Waals surface area contributed by atoms with Gasteiger partial charge in [0.1, 0.15) is 5.54 Å². The van der Waals surface area contributed by atoms with Crippen LogP contribution in [0.1, 0.15) is 30.4 Å². The van der Waals surface area contributed by atoms with Crippen LogP contribution >= 0.6 is 24.0 Å². The Morgan fingerprint density at radius 3 is 2.57 bits per heavy atom. The first-order valence-corrected chi connectivity index (χ1v) is 10.8. The first-order chi connectivity index (χ1) is 14.1. The van der Waals surface area contributed by atoms with E-state index in [4.69, 9.17) is 11.6 Å². The van der Waals surface area contributed by atoms with Crippen molar-refractivity contribution in [2.75, 3.05) is 31.2 Å². The van der Waals surface area contributed by atoms with Crippen LogP contribution in [-0.2, 0) is 11.2 Å². The van der Waals surface area contributed by atoms with E-state index in [1.807, 2.05) is 24.3 Å². The van der Waals surface area contributed by atoms with E-state index < -0.39 is 5.54 Å². The van der Waals surface area contributed by atoms with E-state index in [0.717, 1.165) is 56.0 Å². The fraction of sp³-hybridized carbons (Fsp3) is 0.375. The number of halogens is 2. The average Bonchev–Trinajstić information content (AvgIpc) is 3.06. The number of rotatable bonds is 3. The van der Waals surface area contributed by atoms with Crippen LogP contribution in [0.3, 0.4) is 0 Å². The molecule has 0 aromatic heterocycles. The first-order valence-electron chi connectivity index (χ1n) is 10.5. The van der Waals surface area contributed by atoms with Crippen LogP contribution in [0, 0.1) is 0 Å². The molecule has 0 radical (unpaired) electrons. The summed E-state index contributed by atoms with van der Waals surface area (Å²) in [7, 11) is 0. The molecular weight excluding hydrogens is 417 g/mol. The van der Waals surface area contributed by atoms with E-state index in [-0.39, 0.29) is 18.3 Å². The molecule has 3 aliphatic rings. The third-order valence-electron chi connectivity index (χ3n) is 6.70. The van der Waals surface area contributed by atoms with Crippen molar-refractivity contribution in [3.8, 4) is 0 Å². The Morgan fingerprint density at radius 1 is 1.03 bits per heavy atom. The maximum absolute atomic E-state index is 12.8. The lowest BCUT2D eigenvalue weighted by atomic mass is 9.85. The maximum atomic E-state index is 12.8. The predicted molar refractivity (Wildman–Crippen MR) is 125 cm³/mol. The molecule has 4 nitrogen and oxygen atoms in total. The highest BCUT2D eigenvalue weighted by Crippen LogP contribution is 2.36. The molecule has 0 atom stereocenters. The zero-order chi connectivity index (χ0) is 19.8. The topological polar surface area (TPSA) is 35.6 Å². The molecule has 1 amide bonds. The Balaban J connectivity index is 0.00000218. The molecule has 2 heterocycles. The summed E-state index contributed by atoms with van der Waals surface area (Å²) in [5.41, 5.74) is 4.84. The monoisotopic (exact) mass is 443 g/mol. The van der Waals surface area contributed by atoms with Gasteiger partial charge in [0.15, 0.2) is 0 Å². The lowest BCUT2D eigenvalue weighted by molar-refractivity contribution is -0.125. The molecule has 0 saturated carbocycles. The number of fused-ring (bicyclic) bond motifs is 1. The SMILES string of the molecule is Cl.O=C1NCN(c2ccccc2)C12CCN(CC1=Cc3cc(Cl)ccc3CC1)CC2. The summed E-state index contributed by atoms with van der Waals surface area (Å²) in [5.74, 6) is 0.182. The molecule has 5 rings (SSSR count). The molecule has 0 unspecified atom stereocenters. The van der Waals surface area contributed by atoms with Crippen LogP contribution in [0.25, 0.3) is 6.08 Å². The Morgan fingerprint density at radius 2 is 1.80 bits per heavy atom. The van der Waals surface area contributed by atoms with Gasteiger partial charge in [-0.15, -0.1) is 12.4 Å². The molecule has 30 heavy (non-hydrogen) atoms. The van der Waals surface area contributed by atoms with Gasteiger partial charge in [-0.25, -0.2) is 0 Å². The number of para-hydroxylation sites is 1. The van der Waals surface area contributed by atoms with Crippen LogP contribution in [0.4, 0.5) is 5.69 Å². The second-order valence-electron chi connectivity index (χ2n) is 8.38. The van der Waals surface area contributed by atoms with Gasteiger partial charge in [-0.05, 0) is 61.1 Å². The van der Waals surface area contributed by atoms with E-state index in [2.05, 4.69) is 45.5 Å². The van der Waals surface area contributed by atoms with Gasteiger partial charge < -0.3 is 10.2 Å². The number of amides is 1. The van der Waals surface area contributed by atoms with Crippen LogP contribution < -0.4 is 10.2 Å². The molecule has 6 heteroatoms. The fourth-order valence-electron chi connectivity index (χ4n) is 5.04. The minimum atomic E-state index is -0.404. The summed E-state index contributed by atoms with van der Waals surface area (Å²) in [4.78, 5) is 17.6. The number of carbonyl (C=O) groups excluding carboxylic acids is 1. The Kier molecular flexibility index (Phi) is 6.10. The van der Waals surface area contributed by atoms with Gasteiger partial charge in [0, 0.05) is 30.3 Å². The Hall–Kier alpha value is -2.01. The zero-order valence-electron chi connectivity index (χ0n) is 16.9. The quantitative estimate of drug-likeness (QED) is 0.756. The molecular formula is C24H27Cl2N3O. The highest BCUT2D eigenvalue weighted by atomic mass is 35.5. The first kappa shape index (κ1) is 21.2. The standard InChI is InChI=1S/C24H26ClN3O.ClH/c25-21-9-8-19-7-6-18(14-20(19)15-21)16-27-12-10-24(11-13-27)23(29)26-17-28(24)22-4-2-1-3-5-22;/h1-5,8-9,14-15H,6-7,10-13,16-17H2,(H,26,29);1H. The molecule has 0 bridgehead atoms. The van der Waals surface area contributed by atoms with Gasteiger partial charge in [0.25, 0.3) is 0 Å². The maximum Gasteiger partial charge on any atom is 0.247 e. The van der Waals surface area contributed by atoms with Crippen molar-refractivity contribution in [3.05, 3.63) is 70.3 Å². The van der Waals surface area contributed by atoms with Gasteiger partial charge in [0.2, 0.25) is 5.91 Å². The molecule has 1 aliphatic carbocycles. The summed E-state index contributed by atoms with van der Waals surface area (Å²) in [6.45, 7) is 3.47. The molecule has 1 spiro atoms. The van der Waals surface area contributed by atoms with E-state index in [9.17, 15) is 4.79 Å². The van der Waals surface area contributed by atoms with Crippen molar-refractivity contribution < 1.29 is 4.79 Å². The van der Waals surface area contributed by atoms with E-state index in [0.29, 0.717) is 6.67 Å². The molecule has 2 aromatic rings. The highest BCUT2D eigenvalue weighted by molar-refractivity contribution is 6.30. The van der Waals surface area contributed by atoms with Crippen molar-refractivity contribution in [3.63, 3.8) is 0 Å². The van der Waals surface area contributed by atoms with Gasteiger partial charge in [0.05, 0.1) is 6.67 Å². The number of anilines is 1. The smallest absolute Gasteiger partial charge is 0.247 e. The number of hydrogen-bond acceptors (Lipinski definition) is 3. The predicted octanol–water partition coefficient (Wildman–Crippen LogP) is 4.52. The number of nitrogens with zero attached hydrogens (tertiary/aromatic N) is 2. The van der Waals surface area contributed by atoms with Gasteiger partial charge >= 0.3 is 0 Å². The van der Waals surface area contributed by atoms with Crippen molar-refractivity contribution in [1.82, 2.24) is 10.2 Å². The molecule has 2 fully saturated rings. The molecule has 1 N–H and O–H groups in total. The van der Waals surface area contributed by atoms with Crippen molar-refractivity contribution in [2.45, 2.75) is 31.2 Å². The van der Waals surface area contributed by atoms with E-state index in [1.165, 1.54) is 16.7 Å².